The normalized spacial score (nSPS) is 11.7. The molecule has 0 spiro atoms. The third kappa shape index (κ3) is 6.52. The molecule has 2 aromatic carbocycles. The zero-order valence-electron chi connectivity index (χ0n) is 21.3. The van der Waals surface area contributed by atoms with Gasteiger partial charge in [-0.2, -0.15) is 13.2 Å². The molecule has 0 bridgehead atoms. The van der Waals surface area contributed by atoms with Crippen LogP contribution in [0.5, 0.6) is 11.5 Å². The maximum atomic E-state index is 13.5. The van der Waals surface area contributed by atoms with Crippen molar-refractivity contribution >= 4 is 23.0 Å². The largest absolute Gasteiger partial charge is 0.495 e. The summed E-state index contributed by atoms with van der Waals surface area (Å²) >= 11 is 0. The van der Waals surface area contributed by atoms with Gasteiger partial charge in [0.15, 0.2) is 0 Å². The van der Waals surface area contributed by atoms with E-state index in [2.05, 4.69) is 15.6 Å². The molecule has 3 aromatic rings. The maximum Gasteiger partial charge on any atom is 0.416 e. The number of anilines is 2. The standard InChI is InChI=1S/C26H29F3N6O3/c1-15-5-6-16(9-23(15)35(31)14-21(30)17-8-20(37-3)13-33-12-17)25(36)34-22-10-19(26(27,28)29)7-18(11-32-2)24(22)38-4/h5-10,12-14,32H,11,30-31H2,1-4H3,(H,34,36)/b21-14-. The number of aryl methyl sites for hydroxylation is 1. The highest BCUT2D eigenvalue weighted by Gasteiger charge is 2.33. The second-order valence-electron chi connectivity index (χ2n) is 8.30. The Bertz CT molecular complexity index is 1340. The van der Waals surface area contributed by atoms with Crippen molar-refractivity contribution in [3.63, 3.8) is 0 Å². The second kappa shape index (κ2) is 11.8. The molecule has 9 nitrogen and oxygen atoms in total. The number of hydrogen-bond acceptors (Lipinski definition) is 8. The number of ether oxygens (including phenoxy) is 2. The summed E-state index contributed by atoms with van der Waals surface area (Å²) in [7, 11) is 4.42. The summed E-state index contributed by atoms with van der Waals surface area (Å²) in [6, 6.07) is 8.22. The number of hydrazine groups is 1. The van der Waals surface area contributed by atoms with Gasteiger partial charge in [-0.1, -0.05) is 6.07 Å². The van der Waals surface area contributed by atoms with Crippen molar-refractivity contribution in [2.45, 2.75) is 19.6 Å². The van der Waals surface area contributed by atoms with Gasteiger partial charge in [0.05, 0.1) is 43.1 Å². The Morgan fingerprint density at radius 1 is 1.11 bits per heavy atom. The van der Waals surface area contributed by atoms with Gasteiger partial charge < -0.3 is 25.8 Å². The monoisotopic (exact) mass is 530 g/mol. The summed E-state index contributed by atoms with van der Waals surface area (Å²) in [6.45, 7) is 1.89. The lowest BCUT2D eigenvalue weighted by Gasteiger charge is -2.20. The average molecular weight is 531 g/mol. The number of aromatic nitrogens is 1. The zero-order valence-corrected chi connectivity index (χ0v) is 21.3. The van der Waals surface area contributed by atoms with Crippen LogP contribution in [0.15, 0.2) is 55.0 Å². The molecule has 0 fully saturated rings. The number of benzene rings is 2. The van der Waals surface area contributed by atoms with Gasteiger partial charge in [-0.3, -0.25) is 14.8 Å². The van der Waals surface area contributed by atoms with E-state index in [1.54, 1.807) is 32.3 Å². The summed E-state index contributed by atoms with van der Waals surface area (Å²) in [5.41, 5.74) is 7.59. The number of nitrogens with two attached hydrogens (primary N) is 2. The fourth-order valence-corrected chi connectivity index (χ4v) is 3.71. The van der Waals surface area contributed by atoms with E-state index in [0.717, 1.165) is 17.7 Å². The van der Waals surface area contributed by atoms with Gasteiger partial charge in [0, 0.05) is 35.6 Å². The quantitative estimate of drug-likeness (QED) is 0.241. The number of methoxy groups -OCH3 is 2. The van der Waals surface area contributed by atoms with Crippen molar-refractivity contribution in [3.8, 4) is 11.5 Å². The minimum absolute atomic E-state index is 0.101. The van der Waals surface area contributed by atoms with E-state index in [1.807, 2.05) is 0 Å². The van der Waals surface area contributed by atoms with Gasteiger partial charge in [0.1, 0.15) is 11.5 Å². The molecule has 0 saturated heterocycles. The molecule has 202 valence electrons. The van der Waals surface area contributed by atoms with Crippen LogP contribution in [-0.4, -0.2) is 32.2 Å². The van der Waals surface area contributed by atoms with E-state index < -0.39 is 17.6 Å². The van der Waals surface area contributed by atoms with Crippen molar-refractivity contribution in [1.29, 1.82) is 0 Å². The summed E-state index contributed by atoms with van der Waals surface area (Å²) < 4.78 is 51.0. The van der Waals surface area contributed by atoms with Crippen LogP contribution in [-0.2, 0) is 12.7 Å². The van der Waals surface area contributed by atoms with Crippen LogP contribution in [0, 0.1) is 6.92 Å². The SMILES string of the molecule is CNCc1cc(C(F)(F)F)cc(NC(=O)c2ccc(C)c(N(N)/C=C(\N)c3cncc(OC)c3)c2)c1OC. The highest BCUT2D eigenvalue weighted by molar-refractivity contribution is 6.06. The molecule has 1 amide bonds. The van der Waals surface area contributed by atoms with Crippen LogP contribution in [0.25, 0.3) is 5.70 Å². The molecule has 6 N–H and O–H groups in total. The number of amides is 1. The van der Waals surface area contributed by atoms with Crippen LogP contribution in [0.2, 0.25) is 0 Å². The van der Waals surface area contributed by atoms with Crippen LogP contribution >= 0.6 is 0 Å². The molecule has 0 aliphatic heterocycles. The molecule has 1 heterocycles. The molecule has 0 saturated carbocycles. The first-order valence-electron chi connectivity index (χ1n) is 11.3. The van der Waals surface area contributed by atoms with Gasteiger partial charge in [0.25, 0.3) is 5.91 Å². The number of hydrogen-bond donors (Lipinski definition) is 4. The predicted molar refractivity (Wildman–Crippen MR) is 140 cm³/mol. The Balaban J connectivity index is 1.94. The minimum atomic E-state index is -4.62. The Morgan fingerprint density at radius 2 is 1.84 bits per heavy atom. The highest BCUT2D eigenvalue weighted by atomic mass is 19.4. The molecule has 0 aliphatic carbocycles. The first-order valence-corrected chi connectivity index (χ1v) is 11.3. The third-order valence-corrected chi connectivity index (χ3v) is 5.62. The summed E-state index contributed by atoms with van der Waals surface area (Å²) in [4.78, 5) is 17.2. The Hall–Kier alpha value is -4.29. The van der Waals surface area contributed by atoms with E-state index in [0.29, 0.717) is 22.7 Å². The van der Waals surface area contributed by atoms with E-state index in [9.17, 15) is 18.0 Å². The first-order chi connectivity index (χ1) is 18.0. The molecule has 0 aliphatic rings. The van der Waals surface area contributed by atoms with E-state index >= 15 is 0 Å². The Morgan fingerprint density at radius 3 is 2.47 bits per heavy atom. The molecule has 0 unspecified atom stereocenters. The van der Waals surface area contributed by atoms with Crippen LogP contribution in [0.4, 0.5) is 24.5 Å². The predicted octanol–water partition coefficient (Wildman–Crippen LogP) is 4.04. The molecule has 3 rings (SSSR count). The molecule has 1 aromatic heterocycles. The molecule has 38 heavy (non-hydrogen) atoms. The van der Waals surface area contributed by atoms with Crippen molar-refractivity contribution < 1.29 is 27.4 Å². The lowest BCUT2D eigenvalue weighted by molar-refractivity contribution is -0.137. The van der Waals surface area contributed by atoms with E-state index in [1.165, 1.54) is 43.8 Å². The second-order valence-corrected chi connectivity index (χ2v) is 8.30. The topological polar surface area (TPSA) is 128 Å². The fourth-order valence-electron chi connectivity index (χ4n) is 3.71. The third-order valence-electron chi connectivity index (χ3n) is 5.62. The number of carbonyl (C=O) groups excluding carboxylic acids is 1. The smallest absolute Gasteiger partial charge is 0.416 e. The van der Waals surface area contributed by atoms with Crippen molar-refractivity contribution in [2.24, 2.45) is 11.6 Å². The molecule has 12 heteroatoms. The van der Waals surface area contributed by atoms with Gasteiger partial charge in [0.2, 0.25) is 0 Å². The summed E-state index contributed by atoms with van der Waals surface area (Å²) in [6.07, 6.45) is -0.0791. The van der Waals surface area contributed by atoms with Crippen molar-refractivity contribution in [1.82, 2.24) is 10.3 Å². The first kappa shape index (κ1) is 28.3. The Labute approximate surface area is 218 Å². The molecule has 0 radical (unpaired) electrons. The van der Waals surface area contributed by atoms with Crippen LogP contribution in [0.1, 0.15) is 32.6 Å². The highest BCUT2D eigenvalue weighted by Crippen LogP contribution is 2.38. The summed E-state index contributed by atoms with van der Waals surface area (Å²) in [5, 5.41) is 6.59. The number of rotatable bonds is 9. The van der Waals surface area contributed by atoms with Gasteiger partial charge in [-0.25, -0.2) is 5.84 Å². The average Bonchev–Trinajstić information content (AvgIpc) is 2.88. The van der Waals surface area contributed by atoms with E-state index in [4.69, 9.17) is 21.1 Å². The zero-order chi connectivity index (χ0) is 28.0. The maximum absolute atomic E-state index is 13.5. The lowest BCUT2D eigenvalue weighted by atomic mass is 10.1. The number of halogens is 3. The molecule has 0 atom stereocenters. The summed E-state index contributed by atoms with van der Waals surface area (Å²) in [5.74, 6) is 6.22. The number of carbonyl (C=O) groups is 1. The molecular weight excluding hydrogens is 501 g/mol. The molecular formula is C26H29F3N6O3. The minimum Gasteiger partial charge on any atom is -0.495 e. The van der Waals surface area contributed by atoms with Crippen molar-refractivity contribution in [3.05, 3.63) is 82.8 Å². The fraction of sp³-hybridized carbons (Fsp3) is 0.231. The van der Waals surface area contributed by atoms with Crippen molar-refractivity contribution in [2.75, 3.05) is 31.6 Å². The lowest BCUT2D eigenvalue weighted by Crippen LogP contribution is -2.27. The van der Waals surface area contributed by atoms with E-state index in [-0.39, 0.29) is 29.1 Å². The number of nitrogens with zero attached hydrogens (tertiary/aromatic N) is 2. The van der Waals surface area contributed by atoms with Gasteiger partial charge >= 0.3 is 6.18 Å². The van der Waals surface area contributed by atoms with Crippen LogP contribution < -0.4 is 36.7 Å². The van der Waals surface area contributed by atoms with Crippen LogP contribution in [0.3, 0.4) is 0 Å². The Kier molecular flexibility index (Phi) is 8.81. The van der Waals surface area contributed by atoms with Gasteiger partial charge in [-0.05, 0) is 49.9 Å². The number of alkyl halides is 3. The number of pyridine rings is 1. The van der Waals surface area contributed by atoms with Gasteiger partial charge in [-0.15, -0.1) is 0 Å². The number of nitrogens with one attached hydrogen (secondary N) is 2.